The van der Waals surface area contributed by atoms with Gasteiger partial charge in [-0.1, -0.05) is 340 Å². The van der Waals surface area contributed by atoms with Crippen molar-refractivity contribution in [3.8, 4) is 89.0 Å². The average Bonchev–Trinajstić information content (AvgIpc) is 0.783. The molecule has 0 saturated heterocycles. The summed E-state index contributed by atoms with van der Waals surface area (Å²) in [5, 5.41) is 10.1. The van der Waals surface area contributed by atoms with Crippen molar-refractivity contribution < 1.29 is 0 Å². The van der Waals surface area contributed by atoms with Crippen molar-refractivity contribution >= 4 is 77.2 Å². The van der Waals surface area contributed by atoms with Crippen LogP contribution in [0.1, 0.15) is 0 Å². The van der Waals surface area contributed by atoms with Crippen LogP contribution in [-0.4, -0.2) is 0 Å². The number of nitrogens with zero attached hydrogens (tertiary/aromatic N) is 2. The molecule has 0 radical (unpaired) electrons. The topological polar surface area (TPSA) is 6.48 Å². The van der Waals surface area contributed by atoms with E-state index in [0.29, 0.717) is 0 Å². The zero-order chi connectivity index (χ0) is 68.0. The predicted octanol–water partition coefficient (Wildman–Crippen LogP) is 28.3. The molecule has 0 aliphatic rings. The molecule has 0 aromatic heterocycles. The molecule has 0 atom stereocenters. The first-order valence-electron chi connectivity index (χ1n) is 35.0. The van der Waals surface area contributed by atoms with Crippen LogP contribution in [0.2, 0.25) is 0 Å². The summed E-state index contributed by atoms with van der Waals surface area (Å²) in [5.41, 5.74) is 26.1. The van der Waals surface area contributed by atoms with Gasteiger partial charge in [0.25, 0.3) is 0 Å². The van der Waals surface area contributed by atoms with E-state index in [4.69, 9.17) is 0 Å². The van der Waals surface area contributed by atoms with E-state index in [-0.39, 0.29) is 0 Å². The lowest BCUT2D eigenvalue weighted by Crippen LogP contribution is -2.09. The smallest absolute Gasteiger partial charge is 0.0462 e. The Morgan fingerprint density at radius 3 is 0.627 bits per heavy atom. The molecule has 0 bridgehead atoms. The van der Waals surface area contributed by atoms with Crippen LogP contribution >= 0.6 is 0 Å². The maximum atomic E-state index is 2.34. The van der Waals surface area contributed by atoms with Crippen LogP contribution in [0, 0.1) is 0 Å². The van der Waals surface area contributed by atoms with E-state index in [1.807, 2.05) is 0 Å². The van der Waals surface area contributed by atoms with E-state index >= 15 is 0 Å². The highest BCUT2D eigenvalue weighted by atomic mass is 15.1. The quantitative estimate of drug-likeness (QED) is 0.107. The summed E-state index contributed by atoms with van der Waals surface area (Å²) in [6.07, 6.45) is 0. The first-order chi connectivity index (χ1) is 50.6. The van der Waals surface area contributed by atoms with Crippen molar-refractivity contribution in [3.63, 3.8) is 0 Å². The number of rotatable bonds is 14. The zero-order valence-electron chi connectivity index (χ0n) is 56.3. The number of hydrogen-bond acceptors (Lipinski definition) is 2. The van der Waals surface area contributed by atoms with Crippen molar-refractivity contribution in [1.29, 1.82) is 0 Å². The molecule has 480 valence electrons. The van der Waals surface area contributed by atoms with E-state index in [1.165, 1.54) is 132 Å². The summed E-state index contributed by atoms with van der Waals surface area (Å²) in [6, 6.07) is 153. The van der Waals surface area contributed by atoms with E-state index in [2.05, 4.69) is 434 Å². The Balaban J connectivity index is 0.000000152. The lowest BCUT2D eigenvalue weighted by Gasteiger charge is -2.26. The molecule has 0 fully saturated rings. The molecule has 18 aromatic carbocycles. The van der Waals surface area contributed by atoms with E-state index < -0.39 is 0 Å². The lowest BCUT2D eigenvalue weighted by atomic mass is 9.91. The summed E-state index contributed by atoms with van der Waals surface area (Å²) in [7, 11) is 0. The SMILES string of the molecule is c1ccc(-c2ccc(N(c3ccc(-c4ccccc4)cc3)c3ccc(-c4ccc(-c5ccc6ccccc6c5)c5ccccc45)cc3)cc2)cc1.c1ccc(-c2ccc(N(c3ccc(-c4ccccc4)cc3)c3ccc(-c4cccc5c(-c6ccc7ccccc7c6)cccc45)cc3)cc2)cc1. The minimum atomic E-state index is 1.11. The van der Waals surface area contributed by atoms with Crippen molar-refractivity contribution in [2.45, 2.75) is 0 Å². The third-order valence-corrected chi connectivity index (χ3v) is 19.8. The Bertz CT molecular complexity index is 5430. The van der Waals surface area contributed by atoms with Crippen molar-refractivity contribution in [1.82, 2.24) is 0 Å². The summed E-state index contributed by atoms with van der Waals surface area (Å²) in [6.45, 7) is 0. The van der Waals surface area contributed by atoms with Crippen LogP contribution in [-0.2, 0) is 0 Å². The van der Waals surface area contributed by atoms with Gasteiger partial charge in [-0.25, -0.2) is 0 Å². The second-order valence-electron chi connectivity index (χ2n) is 26.0. The summed E-state index contributed by atoms with van der Waals surface area (Å²) < 4.78 is 0. The second kappa shape index (κ2) is 28.2. The summed E-state index contributed by atoms with van der Waals surface area (Å²) in [4.78, 5) is 4.68. The van der Waals surface area contributed by atoms with Gasteiger partial charge in [0.1, 0.15) is 0 Å². The molecule has 0 amide bonds. The fourth-order valence-electron chi connectivity index (χ4n) is 14.5. The van der Waals surface area contributed by atoms with Gasteiger partial charge in [0, 0.05) is 34.1 Å². The lowest BCUT2D eigenvalue weighted by molar-refractivity contribution is 1.28. The van der Waals surface area contributed by atoms with Gasteiger partial charge in [-0.15, -0.1) is 0 Å². The molecule has 0 aliphatic heterocycles. The maximum Gasteiger partial charge on any atom is 0.0462 e. The van der Waals surface area contributed by atoms with E-state index in [9.17, 15) is 0 Å². The Hall–Kier alpha value is -13.4. The Morgan fingerprint density at radius 2 is 0.324 bits per heavy atom. The largest absolute Gasteiger partial charge is 0.311 e. The molecular weight excluding hydrogens is 1230 g/mol. The van der Waals surface area contributed by atoms with Gasteiger partial charge in [0.15, 0.2) is 0 Å². The van der Waals surface area contributed by atoms with Crippen LogP contribution in [0.15, 0.2) is 425 Å². The molecule has 0 unspecified atom stereocenters. The number of hydrogen-bond donors (Lipinski definition) is 0. The third kappa shape index (κ3) is 12.8. The highest BCUT2D eigenvalue weighted by molar-refractivity contribution is 6.07. The molecular formula is C100H70N2. The minimum Gasteiger partial charge on any atom is -0.311 e. The Morgan fingerprint density at radius 1 is 0.118 bits per heavy atom. The Labute approximate surface area is 596 Å². The van der Waals surface area contributed by atoms with Crippen LogP contribution in [0.5, 0.6) is 0 Å². The molecule has 0 spiro atoms. The maximum absolute atomic E-state index is 2.34. The fourth-order valence-corrected chi connectivity index (χ4v) is 14.5. The molecule has 18 rings (SSSR count). The van der Waals surface area contributed by atoms with Crippen LogP contribution in [0.3, 0.4) is 0 Å². The second-order valence-corrected chi connectivity index (χ2v) is 26.0. The summed E-state index contributed by atoms with van der Waals surface area (Å²) >= 11 is 0. The number of benzene rings is 18. The van der Waals surface area contributed by atoms with Crippen molar-refractivity contribution in [3.05, 3.63) is 425 Å². The van der Waals surface area contributed by atoms with Gasteiger partial charge < -0.3 is 9.80 Å². The van der Waals surface area contributed by atoms with Crippen LogP contribution in [0.25, 0.3) is 132 Å². The third-order valence-electron chi connectivity index (χ3n) is 19.8. The number of anilines is 6. The molecule has 0 aliphatic carbocycles. The molecule has 102 heavy (non-hydrogen) atoms. The monoisotopic (exact) mass is 1300 g/mol. The van der Waals surface area contributed by atoms with Crippen LogP contribution in [0.4, 0.5) is 34.1 Å². The average molecular weight is 1300 g/mol. The van der Waals surface area contributed by atoms with Gasteiger partial charge in [-0.3, -0.25) is 0 Å². The summed E-state index contributed by atoms with van der Waals surface area (Å²) in [5.74, 6) is 0. The van der Waals surface area contributed by atoms with Gasteiger partial charge in [0.2, 0.25) is 0 Å². The van der Waals surface area contributed by atoms with Gasteiger partial charge in [-0.2, -0.15) is 0 Å². The molecule has 2 nitrogen and oxygen atoms in total. The van der Waals surface area contributed by atoms with Gasteiger partial charge >= 0.3 is 0 Å². The van der Waals surface area contributed by atoms with Gasteiger partial charge in [0.05, 0.1) is 0 Å². The first kappa shape index (κ1) is 62.1. The molecule has 0 saturated carbocycles. The fraction of sp³-hybridized carbons (Fsp3) is 0. The normalized spacial score (nSPS) is 11.1. The van der Waals surface area contributed by atoms with Crippen molar-refractivity contribution in [2.75, 3.05) is 9.80 Å². The van der Waals surface area contributed by atoms with Gasteiger partial charge in [-0.05, 0) is 217 Å². The zero-order valence-corrected chi connectivity index (χ0v) is 56.3. The minimum absolute atomic E-state index is 1.11. The Kier molecular flexibility index (Phi) is 17.2. The van der Waals surface area contributed by atoms with Crippen LogP contribution < -0.4 is 9.80 Å². The molecule has 18 aromatic rings. The predicted molar refractivity (Wildman–Crippen MR) is 436 cm³/mol. The van der Waals surface area contributed by atoms with E-state index in [0.717, 1.165) is 34.1 Å². The highest BCUT2D eigenvalue weighted by Crippen LogP contribution is 2.44. The first-order valence-corrected chi connectivity index (χ1v) is 35.0. The molecule has 0 N–H and O–H groups in total. The molecule has 2 heteroatoms. The highest BCUT2D eigenvalue weighted by Gasteiger charge is 2.19. The van der Waals surface area contributed by atoms with E-state index in [1.54, 1.807) is 0 Å². The van der Waals surface area contributed by atoms with Crippen molar-refractivity contribution in [2.24, 2.45) is 0 Å². The standard InChI is InChI=1S/2C50H35N/c1-3-11-36(12-4-1)39-23-29-44(30-24-39)51(45-31-25-40(26-32-45)37-13-5-2-6-14-37)46-33-27-41(28-34-46)47-17-9-20-50-48(18-10-19-49(47)50)43-22-21-38-15-7-8-16-42(38)35-43;1-3-11-36(12-4-1)39-21-27-44(28-22-39)51(45-29-23-40(24-30-45)37-13-5-2-6-14-37)46-31-25-41(26-32-46)47-33-34-48(50-18-10-9-17-49(47)50)43-20-19-38-15-7-8-16-42(38)35-43/h2*1-35H. The number of fused-ring (bicyclic) bond motifs is 4. The molecule has 0 heterocycles.